The first-order chi connectivity index (χ1) is 11.3. The van der Waals surface area contributed by atoms with Crippen LogP contribution >= 0.6 is 0 Å². The Morgan fingerprint density at radius 2 is 2.26 bits per heavy atom. The number of nitrogens with zero attached hydrogens (tertiary/aromatic N) is 4. The van der Waals surface area contributed by atoms with E-state index >= 15 is 0 Å². The number of aliphatic imine (C=N–C) groups is 1. The molecule has 23 heavy (non-hydrogen) atoms. The predicted molar refractivity (Wildman–Crippen MR) is 90.7 cm³/mol. The molecule has 2 aromatic rings. The van der Waals surface area contributed by atoms with E-state index in [4.69, 9.17) is 4.74 Å². The Balaban J connectivity index is 1.75. The van der Waals surface area contributed by atoms with Crippen LogP contribution in [-0.4, -0.2) is 47.3 Å². The highest BCUT2D eigenvalue weighted by atomic mass is 16.5. The molecule has 0 aliphatic heterocycles. The molecule has 0 spiro atoms. The molecular weight excluding hydrogens is 292 g/mol. The van der Waals surface area contributed by atoms with Crippen LogP contribution in [0.4, 0.5) is 0 Å². The third-order valence-electron chi connectivity index (χ3n) is 3.22. The number of nitrogens with one attached hydrogen (secondary N) is 2. The fourth-order valence-corrected chi connectivity index (χ4v) is 2.00. The van der Waals surface area contributed by atoms with E-state index in [1.54, 1.807) is 19.6 Å². The van der Waals surface area contributed by atoms with Crippen LogP contribution in [0.3, 0.4) is 0 Å². The Labute approximate surface area is 136 Å². The molecule has 2 aromatic heterocycles. The number of imidazole rings is 1. The van der Waals surface area contributed by atoms with Crippen LogP contribution < -0.4 is 10.6 Å². The summed E-state index contributed by atoms with van der Waals surface area (Å²) in [4.78, 5) is 12.6. The van der Waals surface area contributed by atoms with Crippen molar-refractivity contribution in [1.82, 2.24) is 25.2 Å². The summed E-state index contributed by atoms with van der Waals surface area (Å²) < 4.78 is 7.18. The lowest BCUT2D eigenvalue weighted by atomic mass is 10.3. The molecule has 0 fully saturated rings. The molecule has 0 amide bonds. The first kappa shape index (κ1) is 17.0. The first-order valence-electron chi connectivity index (χ1n) is 7.79. The van der Waals surface area contributed by atoms with Crippen molar-refractivity contribution in [2.24, 2.45) is 4.99 Å². The summed E-state index contributed by atoms with van der Waals surface area (Å²) in [5.74, 6) is 1.63. The molecule has 0 aromatic carbocycles. The van der Waals surface area contributed by atoms with Gasteiger partial charge in [-0.3, -0.25) is 9.56 Å². The fourth-order valence-electron chi connectivity index (χ4n) is 2.00. The van der Waals surface area contributed by atoms with Gasteiger partial charge >= 0.3 is 0 Å². The zero-order chi connectivity index (χ0) is 16.3. The van der Waals surface area contributed by atoms with Crippen LogP contribution in [0.25, 0.3) is 5.82 Å². The van der Waals surface area contributed by atoms with Crippen molar-refractivity contribution >= 4 is 5.96 Å². The predicted octanol–water partition coefficient (Wildman–Crippen LogP) is 1.36. The van der Waals surface area contributed by atoms with Gasteiger partial charge in [0.05, 0.1) is 0 Å². The van der Waals surface area contributed by atoms with Gasteiger partial charge in [0, 0.05) is 51.9 Å². The topological polar surface area (TPSA) is 76.4 Å². The highest BCUT2D eigenvalue weighted by Gasteiger charge is 2.00. The Kier molecular flexibility index (Phi) is 7.06. The summed E-state index contributed by atoms with van der Waals surface area (Å²) in [5.41, 5.74) is 1.09. The van der Waals surface area contributed by atoms with Crippen LogP contribution in [0.15, 0.2) is 42.0 Å². The molecule has 0 saturated carbocycles. The van der Waals surface area contributed by atoms with Crippen molar-refractivity contribution in [2.75, 3.05) is 26.8 Å². The summed E-state index contributed by atoms with van der Waals surface area (Å²) >= 11 is 0. The zero-order valence-electron chi connectivity index (χ0n) is 13.7. The van der Waals surface area contributed by atoms with Crippen LogP contribution in [0.2, 0.25) is 0 Å². The third-order valence-corrected chi connectivity index (χ3v) is 3.22. The van der Waals surface area contributed by atoms with E-state index < -0.39 is 0 Å². The number of ether oxygens (including phenoxy) is 1. The summed E-state index contributed by atoms with van der Waals surface area (Å²) in [5, 5.41) is 6.53. The lowest BCUT2D eigenvalue weighted by molar-refractivity contribution is 0.145. The van der Waals surface area contributed by atoms with Crippen LogP contribution in [-0.2, 0) is 11.3 Å². The van der Waals surface area contributed by atoms with Crippen LogP contribution in [0, 0.1) is 0 Å². The lowest BCUT2D eigenvalue weighted by Gasteiger charge is -2.12. The number of aromatic nitrogens is 3. The van der Waals surface area contributed by atoms with Crippen molar-refractivity contribution in [3.05, 3.63) is 42.6 Å². The van der Waals surface area contributed by atoms with E-state index in [0.717, 1.165) is 43.5 Å². The summed E-state index contributed by atoms with van der Waals surface area (Å²) in [6, 6.07) is 4.01. The average Bonchev–Trinajstić information content (AvgIpc) is 3.12. The molecule has 0 bridgehead atoms. The monoisotopic (exact) mass is 316 g/mol. The second-order valence-corrected chi connectivity index (χ2v) is 4.90. The molecule has 7 heteroatoms. The molecule has 0 saturated heterocycles. The zero-order valence-corrected chi connectivity index (χ0v) is 13.7. The second kappa shape index (κ2) is 9.58. The maximum atomic E-state index is 5.31. The summed E-state index contributed by atoms with van der Waals surface area (Å²) in [6.07, 6.45) is 8.14. The van der Waals surface area contributed by atoms with Crippen LogP contribution in [0.5, 0.6) is 0 Å². The number of rotatable bonds is 8. The number of hydrogen-bond donors (Lipinski definition) is 2. The smallest absolute Gasteiger partial charge is 0.191 e. The molecule has 7 nitrogen and oxygen atoms in total. The van der Waals surface area contributed by atoms with Gasteiger partial charge in [0.15, 0.2) is 5.96 Å². The van der Waals surface area contributed by atoms with Gasteiger partial charge in [-0.15, -0.1) is 0 Å². The molecular formula is C16H24N6O. The Morgan fingerprint density at radius 1 is 1.35 bits per heavy atom. The molecule has 2 N–H and O–H groups in total. The van der Waals surface area contributed by atoms with Crippen molar-refractivity contribution < 1.29 is 4.74 Å². The van der Waals surface area contributed by atoms with Crippen molar-refractivity contribution in [1.29, 1.82) is 0 Å². The highest BCUT2D eigenvalue weighted by molar-refractivity contribution is 5.79. The maximum absolute atomic E-state index is 5.31. The molecule has 0 atom stereocenters. The minimum atomic E-state index is 0.669. The SMILES string of the molecule is CCOCCCNC(=NC)NCc1ccc(-n2ccnc2)nc1. The molecule has 0 aliphatic rings. The molecule has 0 aliphatic carbocycles. The third kappa shape index (κ3) is 5.71. The quantitative estimate of drug-likeness (QED) is 0.437. The van der Waals surface area contributed by atoms with E-state index in [9.17, 15) is 0 Å². The van der Waals surface area contributed by atoms with Crippen molar-refractivity contribution in [3.63, 3.8) is 0 Å². The van der Waals surface area contributed by atoms with E-state index in [0.29, 0.717) is 6.54 Å². The van der Waals surface area contributed by atoms with E-state index in [2.05, 4.69) is 25.6 Å². The summed E-state index contributed by atoms with van der Waals surface area (Å²) in [7, 11) is 1.76. The largest absolute Gasteiger partial charge is 0.382 e. The Hall–Kier alpha value is -2.41. The fraction of sp³-hybridized carbons (Fsp3) is 0.438. The molecule has 0 unspecified atom stereocenters. The van der Waals surface area contributed by atoms with Gasteiger partial charge in [-0.2, -0.15) is 0 Å². The first-order valence-corrected chi connectivity index (χ1v) is 7.79. The molecule has 124 valence electrons. The van der Waals surface area contributed by atoms with E-state index in [1.165, 1.54) is 0 Å². The maximum Gasteiger partial charge on any atom is 0.191 e. The number of pyridine rings is 1. The summed E-state index contributed by atoms with van der Waals surface area (Å²) in [6.45, 7) is 5.02. The Bertz CT molecular complexity index is 579. The van der Waals surface area contributed by atoms with Crippen LogP contribution in [0.1, 0.15) is 18.9 Å². The van der Waals surface area contributed by atoms with E-state index in [-0.39, 0.29) is 0 Å². The molecule has 0 radical (unpaired) electrons. The van der Waals surface area contributed by atoms with Gasteiger partial charge in [0.25, 0.3) is 0 Å². The van der Waals surface area contributed by atoms with Gasteiger partial charge in [0.1, 0.15) is 12.1 Å². The van der Waals surface area contributed by atoms with Gasteiger partial charge < -0.3 is 15.4 Å². The minimum absolute atomic E-state index is 0.669. The normalized spacial score (nSPS) is 11.5. The minimum Gasteiger partial charge on any atom is -0.382 e. The van der Waals surface area contributed by atoms with Gasteiger partial charge in [-0.1, -0.05) is 6.07 Å². The molecule has 2 heterocycles. The standard InChI is InChI=1S/C16H24N6O/c1-3-23-10-4-7-19-16(17-2)21-12-14-5-6-15(20-11-14)22-9-8-18-13-22/h5-6,8-9,11,13H,3-4,7,10,12H2,1-2H3,(H2,17,19,21). The van der Waals surface area contributed by atoms with E-state index in [1.807, 2.05) is 36.0 Å². The average molecular weight is 316 g/mol. The van der Waals surface area contributed by atoms with Crippen molar-refractivity contribution in [3.8, 4) is 5.82 Å². The number of guanidine groups is 1. The Morgan fingerprint density at radius 3 is 2.91 bits per heavy atom. The second-order valence-electron chi connectivity index (χ2n) is 4.90. The van der Waals surface area contributed by atoms with Gasteiger partial charge in [0.2, 0.25) is 0 Å². The van der Waals surface area contributed by atoms with Crippen molar-refractivity contribution in [2.45, 2.75) is 19.9 Å². The van der Waals surface area contributed by atoms with Gasteiger partial charge in [-0.25, -0.2) is 9.97 Å². The highest BCUT2D eigenvalue weighted by Crippen LogP contribution is 2.05. The number of hydrogen-bond acceptors (Lipinski definition) is 4. The molecule has 2 rings (SSSR count). The lowest BCUT2D eigenvalue weighted by Crippen LogP contribution is -2.37. The van der Waals surface area contributed by atoms with Gasteiger partial charge in [-0.05, 0) is 25.0 Å².